The van der Waals surface area contributed by atoms with E-state index in [0.717, 1.165) is 31.9 Å². The number of piperazine rings is 1. The number of hydrogen-bond acceptors (Lipinski definition) is 2. The van der Waals surface area contributed by atoms with E-state index in [1.165, 1.54) is 0 Å². The predicted molar refractivity (Wildman–Crippen MR) is 73.5 cm³/mol. The van der Waals surface area contributed by atoms with E-state index in [0.29, 0.717) is 0 Å². The summed E-state index contributed by atoms with van der Waals surface area (Å²) in [6.45, 7) is 14.5. The van der Waals surface area contributed by atoms with Gasteiger partial charge in [-0.2, -0.15) is 0 Å². The Balaban J connectivity index is 0.00000106. The van der Waals surface area contributed by atoms with Crippen LogP contribution in [-0.2, 0) is 0 Å². The topological polar surface area (TPSA) is 6.48 Å². The summed E-state index contributed by atoms with van der Waals surface area (Å²) in [5.41, 5.74) is 1.12. The van der Waals surface area contributed by atoms with Gasteiger partial charge in [0.05, 0.1) is 0 Å². The van der Waals surface area contributed by atoms with Crippen LogP contribution in [0.2, 0.25) is 0 Å². The molecular weight excluding hydrogens is 196 g/mol. The summed E-state index contributed by atoms with van der Waals surface area (Å²) in [7, 11) is 2.16. The maximum absolute atomic E-state index is 4.06. The van der Waals surface area contributed by atoms with Gasteiger partial charge >= 0.3 is 0 Å². The zero-order chi connectivity index (χ0) is 12.4. The SMILES string of the molecule is C=C(/C=C\C=C/C)N1CCN(C)CC1.CC. The van der Waals surface area contributed by atoms with Gasteiger partial charge < -0.3 is 9.80 Å². The Morgan fingerprint density at radius 3 is 2.12 bits per heavy atom. The van der Waals surface area contributed by atoms with Crippen LogP contribution in [0.3, 0.4) is 0 Å². The van der Waals surface area contributed by atoms with Crippen LogP contribution in [-0.4, -0.2) is 43.0 Å². The van der Waals surface area contributed by atoms with E-state index in [-0.39, 0.29) is 0 Å². The quantitative estimate of drug-likeness (QED) is 0.677. The minimum Gasteiger partial charge on any atom is -0.369 e. The molecule has 0 aliphatic carbocycles. The van der Waals surface area contributed by atoms with Crippen molar-refractivity contribution in [3.05, 3.63) is 36.6 Å². The van der Waals surface area contributed by atoms with Crippen molar-refractivity contribution in [3.8, 4) is 0 Å². The van der Waals surface area contributed by atoms with Gasteiger partial charge in [-0.1, -0.05) is 38.7 Å². The second kappa shape index (κ2) is 9.22. The Hall–Kier alpha value is -1.02. The third-order valence-electron chi connectivity index (χ3n) is 2.50. The lowest BCUT2D eigenvalue weighted by Crippen LogP contribution is -2.43. The lowest BCUT2D eigenvalue weighted by Gasteiger charge is -2.34. The van der Waals surface area contributed by atoms with E-state index in [4.69, 9.17) is 0 Å². The highest BCUT2D eigenvalue weighted by Gasteiger charge is 2.12. The molecule has 0 radical (unpaired) electrons. The largest absolute Gasteiger partial charge is 0.369 e. The molecule has 1 aliphatic rings. The van der Waals surface area contributed by atoms with Crippen molar-refractivity contribution in [1.29, 1.82) is 0 Å². The molecule has 0 spiro atoms. The molecule has 1 heterocycles. The van der Waals surface area contributed by atoms with Crippen molar-refractivity contribution >= 4 is 0 Å². The standard InChI is InChI=1S/C12H20N2.C2H6/c1-4-5-6-7-12(2)14-10-8-13(3)9-11-14;1-2/h4-7H,2,8-11H2,1,3H3;1-2H3/b5-4-,7-6-;. The lowest BCUT2D eigenvalue weighted by molar-refractivity contribution is 0.190. The first-order valence-corrected chi connectivity index (χ1v) is 6.16. The second-order valence-corrected chi connectivity index (χ2v) is 3.67. The monoisotopic (exact) mass is 222 g/mol. The van der Waals surface area contributed by atoms with Gasteiger partial charge in [-0.25, -0.2) is 0 Å². The fourth-order valence-corrected chi connectivity index (χ4v) is 1.48. The van der Waals surface area contributed by atoms with Crippen molar-refractivity contribution in [3.63, 3.8) is 0 Å². The molecular formula is C14H26N2. The van der Waals surface area contributed by atoms with Gasteiger partial charge in [0.15, 0.2) is 0 Å². The molecule has 0 unspecified atom stereocenters. The second-order valence-electron chi connectivity index (χ2n) is 3.67. The minimum atomic E-state index is 1.09. The first-order valence-electron chi connectivity index (χ1n) is 6.16. The van der Waals surface area contributed by atoms with Crippen LogP contribution < -0.4 is 0 Å². The van der Waals surface area contributed by atoms with Gasteiger partial charge in [-0.05, 0) is 20.0 Å². The Kier molecular flexibility index (Phi) is 8.64. The van der Waals surface area contributed by atoms with Crippen molar-refractivity contribution in [1.82, 2.24) is 9.80 Å². The maximum atomic E-state index is 4.06. The molecule has 1 saturated heterocycles. The smallest absolute Gasteiger partial charge is 0.0306 e. The molecule has 1 fully saturated rings. The Bertz CT molecular complexity index is 233. The van der Waals surface area contributed by atoms with Crippen LogP contribution in [0.4, 0.5) is 0 Å². The van der Waals surface area contributed by atoms with Gasteiger partial charge in [-0.15, -0.1) is 0 Å². The zero-order valence-electron chi connectivity index (χ0n) is 11.2. The minimum absolute atomic E-state index is 1.09. The maximum Gasteiger partial charge on any atom is 0.0306 e. The molecule has 16 heavy (non-hydrogen) atoms. The molecule has 0 amide bonds. The average Bonchev–Trinajstić information content (AvgIpc) is 2.33. The first-order chi connectivity index (χ1) is 7.74. The van der Waals surface area contributed by atoms with Crippen molar-refractivity contribution < 1.29 is 0 Å². The fourth-order valence-electron chi connectivity index (χ4n) is 1.48. The van der Waals surface area contributed by atoms with Gasteiger partial charge in [-0.3, -0.25) is 0 Å². The molecule has 0 N–H and O–H groups in total. The Labute approximate surface area is 101 Å². The van der Waals surface area contributed by atoms with Gasteiger partial charge in [0.2, 0.25) is 0 Å². The summed E-state index contributed by atoms with van der Waals surface area (Å²) < 4.78 is 0. The summed E-state index contributed by atoms with van der Waals surface area (Å²) in [5.74, 6) is 0. The van der Waals surface area contributed by atoms with E-state index in [1.54, 1.807) is 0 Å². The van der Waals surface area contributed by atoms with Crippen molar-refractivity contribution in [2.75, 3.05) is 33.2 Å². The third kappa shape index (κ3) is 5.76. The summed E-state index contributed by atoms with van der Waals surface area (Å²) in [5, 5.41) is 0. The summed E-state index contributed by atoms with van der Waals surface area (Å²) in [4.78, 5) is 4.68. The van der Waals surface area contributed by atoms with Gasteiger partial charge in [0, 0.05) is 31.9 Å². The number of allylic oxidation sites excluding steroid dienone is 4. The molecule has 0 saturated carbocycles. The van der Waals surface area contributed by atoms with Crippen LogP contribution in [0.15, 0.2) is 36.6 Å². The molecule has 92 valence electrons. The number of hydrogen-bond donors (Lipinski definition) is 0. The highest BCUT2D eigenvalue weighted by Crippen LogP contribution is 2.07. The summed E-state index contributed by atoms with van der Waals surface area (Å²) in [6, 6.07) is 0. The predicted octanol–water partition coefficient (Wildman–Crippen LogP) is 2.91. The van der Waals surface area contributed by atoms with E-state index < -0.39 is 0 Å². The van der Waals surface area contributed by atoms with Crippen LogP contribution in [0.1, 0.15) is 20.8 Å². The molecule has 2 heteroatoms. The highest BCUT2D eigenvalue weighted by molar-refractivity contribution is 5.18. The number of rotatable bonds is 3. The zero-order valence-corrected chi connectivity index (χ0v) is 11.2. The van der Waals surface area contributed by atoms with E-state index in [1.807, 2.05) is 39.0 Å². The normalized spacial score (nSPS) is 17.6. The summed E-state index contributed by atoms with van der Waals surface area (Å²) >= 11 is 0. The molecule has 0 aromatic rings. The van der Waals surface area contributed by atoms with Crippen LogP contribution in [0.5, 0.6) is 0 Å². The molecule has 1 rings (SSSR count). The fraction of sp³-hybridized carbons (Fsp3) is 0.571. The molecule has 0 aromatic carbocycles. The molecule has 1 aliphatic heterocycles. The first kappa shape index (κ1) is 15.0. The molecule has 0 atom stereocenters. The van der Waals surface area contributed by atoms with Gasteiger partial charge in [0.25, 0.3) is 0 Å². The highest BCUT2D eigenvalue weighted by atomic mass is 15.2. The Morgan fingerprint density at radius 2 is 1.62 bits per heavy atom. The van der Waals surface area contributed by atoms with E-state index in [2.05, 4.69) is 29.5 Å². The molecule has 0 aromatic heterocycles. The summed E-state index contributed by atoms with van der Waals surface area (Å²) in [6.07, 6.45) is 8.17. The van der Waals surface area contributed by atoms with Crippen molar-refractivity contribution in [2.45, 2.75) is 20.8 Å². The lowest BCUT2D eigenvalue weighted by atomic mass is 10.3. The molecule has 0 bridgehead atoms. The Morgan fingerprint density at radius 1 is 1.06 bits per heavy atom. The van der Waals surface area contributed by atoms with Crippen molar-refractivity contribution in [2.24, 2.45) is 0 Å². The van der Waals surface area contributed by atoms with Crippen LogP contribution in [0, 0.1) is 0 Å². The third-order valence-corrected chi connectivity index (χ3v) is 2.50. The van der Waals surface area contributed by atoms with E-state index >= 15 is 0 Å². The van der Waals surface area contributed by atoms with Crippen LogP contribution >= 0.6 is 0 Å². The van der Waals surface area contributed by atoms with E-state index in [9.17, 15) is 0 Å². The van der Waals surface area contributed by atoms with Gasteiger partial charge in [0.1, 0.15) is 0 Å². The average molecular weight is 222 g/mol. The number of nitrogens with zero attached hydrogens (tertiary/aromatic N) is 2. The number of likely N-dealkylation sites (N-methyl/N-ethyl adjacent to an activating group) is 1. The van der Waals surface area contributed by atoms with Crippen LogP contribution in [0.25, 0.3) is 0 Å². The molecule has 2 nitrogen and oxygen atoms in total.